The summed E-state index contributed by atoms with van der Waals surface area (Å²) in [5, 5.41) is 3.56. The van der Waals surface area contributed by atoms with Crippen LogP contribution in [0.15, 0.2) is 57.8 Å². The Morgan fingerprint density at radius 3 is 2.48 bits per heavy atom. The second kappa shape index (κ2) is 8.34. The Kier molecular flexibility index (Phi) is 6.04. The summed E-state index contributed by atoms with van der Waals surface area (Å²) in [7, 11) is -3.80. The second-order valence-corrected chi connectivity index (χ2v) is 8.55. The summed E-state index contributed by atoms with van der Waals surface area (Å²) in [5.74, 6) is -0.989. The lowest BCUT2D eigenvalue weighted by Gasteiger charge is -2.19. The van der Waals surface area contributed by atoms with Crippen LogP contribution in [0.25, 0.3) is 11.0 Å². The summed E-state index contributed by atoms with van der Waals surface area (Å²) in [6.07, 6.45) is 0. The van der Waals surface area contributed by atoms with Gasteiger partial charge in [-0.25, -0.2) is 12.8 Å². The fraction of sp³-hybridized carbons (Fsp3) is 0.286. The second-order valence-electron chi connectivity index (χ2n) is 6.61. The van der Waals surface area contributed by atoms with Crippen molar-refractivity contribution in [3.63, 3.8) is 0 Å². The maximum absolute atomic E-state index is 14.3. The van der Waals surface area contributed by atoms with Crippen molar-refractivity contribution in [2.75, 3.05) is 13.1 Å². The number of carbonyl (C=O) groups is 1. The number of para-hydroxylation sites is 1. The normalized spacial score (nSPS) is 13.0. The highest BCUT2D eigenvalue weighted by molar-refractivity contribution is 7.89. The molecule has 0 saturated carbocycles. The largest absolute Gasteiger partial charge is 0.459 e. The zero-order valence-corrected chi connectivity index (χ0v) is 17.3. The van der Waals surface area contributed by atoms with Gasteiger partial charge in [0, 0.05) is 18.5 Å². The van der Waals surface area contributed by atoms with Gasteiger partial charge in [-0.2, -0.15) is 4.31 Å². The average Bonchev–Trinajstić information content (AvgIpc) is 3.13. The first-order chi connectivity index (χ1) is 13.8. The van der Waals surface area contributed by atoms with Crippen LogP contribution in [0, 0.1) is 5.82 Å². The molecule has 0 aliphatic rings. The van der Waals surface area contributed by atoms with Crippen molar-refractivity contribution >= 4 is 26.9 Å². The molecule has 1 N–H and O–H groups in total. The van der Waals surface area contributed by atoms with E-state index in [-0.39, 0.29) is 23.5 Å². The van der Waals surface area contributed by atoms with Crippen LogP contribution in [0.3, 0.4) is 0 Å². The number of rotatable bonds is 7. The number of hydrogen-bond acceptors (Lipinski definition) is 4. The van der Waals surface area contributed by atoms with E-state index in [1.165, 1.54) is 10.4 Å². The Morgan fingerprint density at radius 2 is 1.83 bits per heavy atom. The zero-order valence-electron chi connectivity index (χ0n) is 16.5. The molecule has 3 rings (SSSR count). The number of halogens is 1. The quantitative estimate of drug-likeness (QED) is 0.627. The lowest BCUT2D eigenvalue weighted by atomic mass is 10.1. The van der Waals surface area contributed by atoms with E-state index < -0.39 is 27.8 Å². The van der Waals surface area contributed by atoms with Crippen LogP contribution < -0.4 is 5.32 Å². The van der Waals surface area contributed by atoms with E-state index >= 15 is 0 Å². The first-order valence-electron chi connectivity index (χ1n) is 9.37. The Morgan fingerprint density at radius 1 is 1.14 bits per heavy atom. The van der Waals surface area contributed by atoms with Crippen molar-refractivity contribution in [1.29, 1.82) is 0 Å². The Bertz CT molecular complexity index is 1100. The van der Waals surface area contributed by atoms with Crippen molar-refractivity contribution in [3.8, 4) is 0 Å². The molecule has 0 aliphatic carbocycles. The molecular formula is C21H23FN2O4S. The van der Waals surface area contributed by atoms with Crippen LogP contribution in [0.1, 0.15) is 42.9 Å². The van der Waals surface area contributed by atoms with Gasteiger partial charge in [0.2, 0.25) is 10.0 Å². The van der Waals surface area contributed by atoms with Crippen LogP contribution in [0.4, 0.5) is 4.39 Å². The average molecular weight is 418 g/mol. The molecule has 154 valence electrons. The SMILES string of the molecule is CCN(CC)S(=O)(=O)c1ccc(F)c(C(=O)NC(C)c2cc3ccccc3o2)c1. The minimum Gasteiger partial charge on any atom is -0.459 e. The summed E-state index contributed by atoms with van der Waals surface area (Å²) in [6, 6.07) is 11.9. The highest BCUT2D eigenvalue weighted by atomic mass is 32.2. The Labute approximate surface area is 169 Å². The molecule has 3 aromatic rings. The number of fused-ring (bicyclic) bond motifs is 1. The first-order valence-corrected chi connectivity index (χ1v) is 10.8. The molecule has 1 unspecified atom stereocenters. The van der Waals surface area contributed by atoms with E-state index in [0.29, 0.717) is 11.3 Å². The molecule has 6 nitrogen and oxygen atoms in total. The highest BCUT2D eigenvalue weighted by Gasteiger charge is 2.25. The summed E-state index contributed by atoms with van der Waals surface area (Å²) in [4.78, 5) is 12.5. The molecule has 0 aliphatic heterocycles. The smallest absolute Gasteiger partial charge is 0.254 e. The number of sulfonamides is 1. The molecule has 2 aromatic carbocycles. The fourth-order valence-corrected chi connectivity index (χ4v) is 4.60. The molecule has 29 heavy (non-hydrogen) atoms. The molecule has 0 radical (unpaired) electrons. The molecule has 1 aromatic heterocycles. The summed E-state index contributed by atoms with van der Waals surface area (Å²) in [5.41, 5.74) is 0.350. The predicted molar refractivity (Wildman–Crippen MR) is 109 cm³/mol. The molecule has 1 amide bonds. The van der Waals surface area contributed by atoms with Crippen LogP contribution in [0.5, 0.6) is 0 Å². The lowest BCUT2D eigenvalue weighted by Crippen LogP contribution is -2.31. The van der Waals surface area contributed by atoms with Crippen molar-refractivity contribution in [2.45, 2.75) is 31.7 Å². The Balaban J connectivity index is 1.87. The molecule has 0 fully saturated rings. The molecule has 0 spiro atoms. The topological polar surface area (TPSA) is 79.6 Å². The van der Waals surface area contributed by atoms with E-state index in [0.717, 1.165) is 17.5 Å². The third-order valence-corrected chi connectivity index (χ3v) is 6.79. The predicted octanol–water partition coefficient (Wildman–Crippen LogP) is 4.09. The van der Waals surface area contributed by atoms with Gasteiger partial charge in [-0.3, -0.25) is 4.79 Å². The minimum absolute atomic E-state index is 0.121. The monoisotopic (exact) mass is 418 g/mol. The first kappa shape index (κ1) is 21.0. The number of furan rings is 1. The van der Waals surface area contributed by atoms with E-state index in [9.17, 15) is 17.6 Å². The van der Waals surface area contributed by atoms with E-state index in [1.807, 2.05) is 24.3 Å². The van der Waals surface area contributed by atoms with Gasteiger partial charge in [0.15, 0.2) is 0 Å². The van der Waals surface area contributed by atoms with E-state index in [1.54, 1.807) is 26.8 Å². The van der Waals surface area contributed by atoms with Crippen LogP contribution in [-0.2, 0) is 10.0 Å². The maximum atomic E-state index is 14.3. The minimum atomic E-state index is -3.80. The van der Waals surface area contributed by atoms with Crippen molar-refractivity contribution < 1.29 is 22.0 Å². The standard InChI is InChI=1S/C21H23FN2O4S/c1-4-24(5-2)29(26,27)16-10-11-18(22)17(13-16)21(25)23-14(3)20-12-15-8-6-7-9-19(15)28-20/h6-14H,4-5H2,1-3H3,(H,23,25). The van der Waals surface area contributed by atoms with Gasteiger partial charge in [0.05, 0.1) is 16.5 Å². The number of benzene rings is 2. The summed E-state index contributed by atoms with van der Waals surface area (Å²) < 4.78 is 46.6. The molecule has 0 saturated heterocycles. The van der Waals surface area contributed by atoms with Crippen LogP contribution >= 0.6 is 0 Å². The maximum Gasteiger partial charge on any atom is 0.254 e. The van der Waals surface area contributed by atoms with Gasteiger partial charge in [0.1, 0.15) is 17.2 Å². The third kappa shape index (κ3) is 4.18. The van der Waals surface area contributed by atoms with E-state index in [2.05, 4.69) is 5.32 Å². The van der Waals surface area contributed by atoms with Crippen LogP contribution in [-0.4, -0.2) is 31.7 Å². The van der Waals surface area contributed by atoms with Crippen molar-refractivity contribution in [1.82, 2.24) is 9.62 Å². The van der Waals surface area contributed by atoms with Crippen molar-refractivity contribution in [2.24, 2.45) is 0 Å². The zero-order chi connectivity index (χ0) is 21.2. The molecule has 0 bridgehead atoms. The number of amides is 1. The van der Waals surface area contributed by atoms with Gasteiger partial charge in [-0.05, 0) is 37.3 Å². The van der Waals surface area contributed by atoms with Gasteiger partial charge >= 0.3 is 0 Å². The van der Waals surface area contributed by atoms with Gasteiger partial charge < -0.3 is 9.73 Å². The summed E-state index contributed by atoms with van der Waals surface area (Å²) in [6.45, 7) is 5.70. The van der Waals surface area contributed by atoms with Gasteiger partial charge in [0.25, 0.3) is 5.91 Å². The van der Waals surface area contributed by atoms with Gasteiger partial charge in [-0.1, -0.05) is 32.0 Å². The number of carbonyl (C=O) groups excluding carboxylic acids is 1. The molecule has 1 atom stereocenters. The fourth-order valence-electron chi connectivity index (χ4n) is 3.11. The third-order valence-electron chi connectivity index (χ3n) is 4.74. The molecular weight excluding hydrogens is 395 g/mol. The number of nitrogens with one attached hydrogen (secondary N) is 1. The van der Waals surface area contributed by atoms with Crippen molar-refractivity contribution in [3.05, 3.63) is 65.7 Å². The highest BCUT2D eigenvalue weighted by Crippen LogP contribution is 2.25. The number of hydrogen-bond donors (Lipinski definition) is 1. The summed E-state index contributed by atoms with van der Waals surface area (Å²) >= 11 is 0. The van der Waals surface area contributed by atoms with Crippen LogP contribution in [0.2, 0.25) is 0 Å². The van der Waals surface area contributed by atoms with Gasteiger partial charge in [-0.15, -0.1) is 0 Å². The molecule has 8 heteroatoms. The number of nitrogens with zero attached hydrogens (tertiary/aromatic N) is 1. The van der Waals surface area contributed by atoms with E-state index in [4.69, 9.17) is 4.42 Å². The lowest BCUT2D eigenvalue weighted by molar-refractivity contribution is 0.0931. The Hall–Kier alpha value is -2.71. The molecule has 1 heterocycles.